The highest BCUT2D eigenvalue weighted by atomic mass is 35.5. The molecular formula is C11H15ClN2. The summed E-state index contributed by atoms with van der Waals surface area (Å²) in [5.74, 6) is 0.664. The van der Waals surface area contributed by atoms with Crippen LogP contribution in [0.15, 0.2) is 6.07 Å². The van der Waals surface area contributed by atoms with Gasteiger partial charge >= 0.3 is 0 Å². The van der Waals surface area contributed by atoms with Crippen LogP contribution in [0.4, 0.5) is 0 Å². The summed E-state index contributed by atoms with van der Waals surface area (Å²) in [6, 6.07) is 1.99. The van der Waals surface area contributed by atoms with Crippen LogP contribution in [0, 0.1) is 6.92 Å². The first-order valence-corrected chi connectivity index (χ1v) is 5.65. The van der Waals surface area contributed by atoms with Gasteiger partial charge in [0.1, 0.15) is 0 Å². The van der Waals surface area contributed by atoms with Crippen molar-refractivity contribution < 1.29 is 0 Å². The predicted molar refractivity (Wildman–Crippen MR) is 57.6 cm³/mol. The topological polar surface area (TPSA) is 25.8 Å². The fraction of sp³-hybridized carbons (Fsp3) is 0.636. The summed E-state index contributed by atoms with van der Waals surface area (Å²) in [6.07, 6.45) is 6.61. The Morgan fingerprint density at radius 1 is 1.21 bits per heavy atom. The Hall–Kier alpha value is -0.630. The number of aromatic nitrogens is 2. The van der Waals surface area contributed by atoms with Crippen molar-refractivity contribution in [2.75, 3.05) is 0 Å². The van der Waals surface area contributed by atoms with Gasteiger partial charge < -0.3 is 0 Å². The largest absolute Gasteiger partial charge is 0.154 e. The summed E-state index contributed by atoms with van der Waals surface area (Å²) in [5.41, 5.74) is 2.35. The van der Waals surface area contributed by atoms with Crippen LogP contribution >= 0.6 is 11.6 Å². The Balaban J connectivity index is 2.24. The Morgan fingerprint density at radius 2 is 1.93 bits per heavy atom. The monoisotopic (exact) mass is 210 g/mol. The van der Waals surface area contributed by atoms with Crippen LogP contribution in [0.1, 0.15) is 49.3 Å². The van der Waals surface area contributed by atoms with Crippen molar-refractivity contribution >= 4 is 11.6 Å². The average molecular weight is 211 g/mol. The molecule has 14 heavy (non-hydrogen) atoms. The highest BCUT2D eigenvalue weighted by molar-refractivity contribution is 6.29. The predicted octanol–water partition coefficient (Wildman–Crippen LogP) is 3.49. The number of rotatable bonds is 1. The molecule has 0 bridgehead atoms. The van der Waals surface area contributed by atoms with Gasteiger partial charge in [-0.1, -0.05) is 30.9 Å². The zero-order valence-electron chi connectivity index (χ0n) is 8.46. The van der Waals surface area contributed by atoms with Crippen molar-refractivity contribution in [2.45, 2.75) is 44.9 Å². The van der Waals surface area contributed by atoms with Gasteiger partial charge in [-0.05, 0) is 37.3 Å². The van der Waals surface area contributed by atoms with E-state index in [0.717, 1.165) is 5.69 Å². The maximum absolute atomic E-state index is 5.86. The van der Waals surface area contributed by atoms with Crippen LogP contribution in [0.2, 0.25) is 5.15 Å². The molecule has 76 valence electrons. The molecule has 1 fully saturated rings. The summed E-state index contributed by atoms with van der Waals surface area (Å²) in [5, 5.41) is 8.45. The molecule has 1 aliphatic carbocycles. The Bertz CT molecular complexity index is 319. The quantitative estimate of drug-likeness (QED) is 0.709. The van der Waals surface area contributed by atoms with Crippen molar-refractivity contribution in [1.29, 1.82) is 0 Å². The summed E-state index contributed by atoms with van der Waals surface area (Å²) in [4.78, 5) is 0. The van der Waals surface area contributed by atoms with E-state index in [-0.39, 0.29) is 0 Å². The highest BCUT2D eigenvalue weighted by Crippen LogP contribution is 2.34. The fourth-order valence-electron chi connectivity index (χ4n) is 2.27. The van der Waals surface area contributed by atoms with Gasteiger partial charge in [-0.2, -0.15) is 5.10 Å². The lowest BCUT2D eigenvalue weighted by Crippen LogP contribution is -2.07. The summed E-state index contributed by atoms with van der Waals surface area (Å²) in [7, 11) is 0. The van der Waals surface area contributed by atoms with Gasteiger partial charge in [-0.3, -0.25) is 0 Å². The molecule has 1 aliphatic rings. The van der Waals surface area contributed by atoms with Crippen LogP contribution in [-0.4, -0.2) is 10.2 Å². The van der Waals surface area contributed by atoms with Crippen molar-refractivity contribution in [3.8, 4) is 0 Å². The summed E-state index contributed by atoms with van der Waals surface area (Å²) in [6.45, 7) is 2.02. The van der Waals surface area contributed by atoms with E-state index in [2.05, 4.69) is 10.2 Å². The molecule has 0 N–H and O–H groups in total. The third-order valence-corrected chi connectivity index (χ3v) is 3.22. The number of hydrogen-bond donors (Lipinski definition) is 0. The number of aryl methyl sites for hydroxylation is 1. The smallest absolute Gasteiger partial charge is 0.152 e. The van der Waals surface area contributed by atoms with Gasteiger partial charge in [0.15, 0.2) is 5.15 Å². The van der Waals surface area contributed by atoms with Crippen molar-refractivity contribution in [1.82, 2.24) is 10.2 Å². The minimum absolute atomic E-state index is 0.524. The third-order valence-electron chi connectivity index (χ3n) is 3.03. The van der Waals surface area contributed by atoms with E-state index in [1.54, 1.807) is 0 Å². The highest BCUT2D eigenvalue weighted by Gasteiger charge is 2.18. The van der Waals surface area contributed by atoms with Gasteiger partial charge in [-0.15, -0.1) is 5.10 Å². The van der Waals surface area contributed by atoms with E-state index >= 15 is 0 Å². The lowest BCUT2D eigenvalue weighted by Gasteiger charge is -2.22. The maximum atomic E-state index is 5.86. The molecule has 0 aromatic carbocycles. The fourth-order valence-corrected chi connectivity index (χ4v) is 2.42. The van der Waals surface area contributed by atoms with Crippen LogP contribution < -0.4 is 0 Å². The molecule has 1 aromatic heterocycles. The second-order valence-electron chi connectivity index (χ2n) is 4.04. The molecule has 2 nitrogen and oxygen atoms in total. The van der Waals surface area contributed by atoms with Gasteiger partial charge in [0.2, 0.25) is 0 Å². The van der Waals surface area contributed by atoms with E-state index in [1.165, 1.54) is 37.7 Å². The van der Waals surface area contributed by atoms with Crippen LogP contribution in [0.5, 0.6) is 0 Å². The van der Waals surface area contributed by atoms with Gasteiger partial charge in [0.05, 0.1) is 5.69 Å². The lowest BCUT2D eigenvalue weighted by molar-refractivity contribution is 0.440. The molecule has 0 amide bonds. The van der Waals surface area contributed by atoms with E-state index in [4.69, 9.17) is 11.6 Å². The molecule has 1 saturated carbocycles. The molecule has 1 heterocycles. The van der Waals surface area contributed by atoms with Gasteiger partial charge in [-0.25, -0.2) is 0 Å². The molecule has 1 aromatic rings. The lowest BCUT2D eigenvalue weighted by atomic mass is 9.84. The second kappa shape index (κ2) is 4.26. The number of hydrogen-bond acceptors (Lipinski definition) is 2. The van der Waals surface area contributed by atoms with Gasteiger partial charge in [0.25, 0.3) is 0 Å². The van der Waals surface area contributed by atoms with Crippen LogP contribution in [-0.2, 0) is 0 Å². The van der Waals surface area contributed by atoms with Crippen LogP contribution in [0.25, 0.3) is 0 Å². The van der Waals surface area contributed by atoms with Crippen molar-refractivity contribution in [3.05, 3.63) is 22.5 Å². The molecule has 2 rings (SSSR count). The minimum Gasteiger partial charge on any atom is -0.154 e. The molecular weight excluding hydrogens is 196 g/mol. The molecule has 0 unspecified atom stereocenters. The van der Waals surface area contributed by atoms with Crippen molar-refractivity contribution in [2.24, 2.45) is 0 Å². The molecule has 0 aliphatic heterocycles. The molecule has 3 heteroatoms. The SMILES string of the molecule is Cc1nnc(Cl)cc1C1CCCCC1. The van der Waals surface area contributed by atoms with Crippen LogP contribution in [0.3, 0.4) is 0 Å². The zero-order valence-corrected chi connectivity index (χ0v) is 9.22. The second-order valence-corrected chi connectivity index (χ2v) is 4.43. The Kier molecular flexibility index (Phi) is 3.02. The van der Waals surface area contributed by atoms with E-state index in [9.17, 15) is 0 Å². The van der Waals surface area contributed by atoms with Gasteiger partial charge in [0, 0.05) is 0 Å². The minimum atomic E-state index is 0.524. The number of halogens is 1. The first-order chi connectivity index (χ1) is 6.77. The maximum Gasteiger partial charge on any atom is 0.152 e. The molecule has 0 spiro atoms. The van der Waals surface area contributed by atoms with E-state index < -0.39 is 0 Å². The Labute approximate surface area is 89.7 Å². The standard InChI is InChI=1S/C11H15ClN2/c1-8-10(7-11(12)14-13-8)9-5-3-2-4-6-9/h7,9H,2-6H2,1H3. The average Bonchev–Trinajstić information content (AvgIpc) is 2.23. The molecule has 0 radical (unpaired) electrons. The molecule has 0 saturated heterocycles. The van der Waals surface area contributed by atoms with Crippen molar-refractivity contribution in [3.63, 3.8) is 0 Å². The third kappa shape index (κ3) is 2.06. The first kappa shape index (κ1) is 9.91. The number of nitrogens with zero attached hydrogens (tertiary/aromatic N) is 2. The zero-order chi connectivity index (χ0) is 9.97. The first-order valence-electron chi connectivity index (χ1n) is 5.27. The summed E-state index contributed by atoms with van der Waals surface area (Å²) >= 11 is 5.86. The normalized spacial score (nSPS) is 18.4. The Morgan fingerprint density at radius 3 is 2.64 bits per heavy atom. The summed E-state index contributed by atoms with van der Waals surface area (Å²) < 4.78 is 0. The van der Waals surface area contributed by atoms with E-state index in [1.807, 2.05) is 13.0 Å². The molecule has 0 atom stereocenters. The van der Waals surface area contributed by atoms with E-state index in [0.29, 0.717) is 11.1 Å².